The van der Waals surface area contributed by atoms with E-state index in [4.69, 9.17) is 10.4 Å². The normalized spacial score (nSPS) is 12.5. The van der Waals surface area contributed by atoms with Gasteiger partial charge in [0, 0.05) is 6.42 Å². The molecule has 0 spiro atoms. The van der Waals surface area contributed by atoms with Gasteiger partial charge in [-0.1, -0.05) is 12.8 Å². The summed E-state index contributed by atoms with van der Waals surface area (Å²) in [5.74, 6) is 0. The second kappa shape index (κ2) is 6.57. The van der Waals surface area contributed by atoms with E-state index in [0.717, 1.165) is 25.7 Å². The van der Waals surface area contributed by atoms with Crippen LogP contribution < -0.4 is 0 Å². The number of hydrogen-bond acceptors (Lipinski definition) is 2. The molecule has 0 aromatic heterocycles. The van der Waals surface area contributed by atoms with Crippen LogP contribution in [0.2, 0.25) is 0 Å². The molecule has 58 valence electrons. The van der Waals surface area contributed by atoms with Crippen molar-refractivity contribution in [2.45, 2.75) is 45.1 Å². The Morgan fingerprint density at radius 3 is 2.60 bits per heavy atom. The highest BCUT2D eigenvalue weighted by atomic mass is 16.3. The van der Waals surface area contributed by atoms with Crippen LogP contribution in [0.5, 0.6) is 0 Å². The van der Waals surface area contributed by atoms with E-state index in [2.05, 4.69) is 6.07 Å². The first kappa shape index (κ1) is 9.45. The first-order chi connectivity index (χ1) is 4.77. The molecular weight excluding hydrogens is 126 g/mol. The Kier molecular flexibility index (Phi) is 6.21. The van der Waals surface area contributed by atoms with Crippen molar-refractivity contribution in [3.8, 4) is 6.07 Å². The van der Waals surface area contributed by atoms with Crippen molar-refractivity contribution < 1.29 is 5.11 Å². The lowest BCUT2D eigenvalue weighted by Gasteiger charge is -2.00. The maximum absolute atomic E-state index is 8.84. The number of unbranched alkanes of at least 4 members (excludes halogenated alkanes) is 3. The quantitative estimate of drug-likeness (QED) is 0.594. The van der Waals surface area contributed by atoms with Crippen LogP contribution in [0.3, 0.4) is 0 Å². The van der Waals surface area contributed by atoms with E-state index >= 15 is 0 Å². The first-order valence-electron chi connectivity index (χ1n) is 3.82. The molecule has 0 aromatic carbocycles. The number of aliphatic hydroxyl groups excluding tert-OH is 1. The van der Waals surface area contributed by atoms with Gasteiger partial charge in [-0.15, -0.1) is 0 Å². The Bertz CT molecular complexity index is 104. The molecule has 0 radical (unpaired) electrons. The van der Waals surface area contributed by atoms with E-state index in [-0.39, 0.29) is 6.10 Å². The number of aliphatic hydroxyl groups is 1. The van der Waals surface area contributed by atoms with Crippen LogP contribution in [0, 0.1) is 11.3 Å². The summed E-state index contributed by atoms with van der Waals surface area (Å²) in [5, 5.41) is 17.0. The van der Waals surface area contributed by atoms with Crippen molar-refractivity contribution in [2.24, 2.45) is 0 Å². The van der Waals surface area contributed by atoms with Gasteiger partial charge in [0.1, 0.15) is 0 Å². The SMILES string of the molecule is C[C@@H](O)CCCCCC#N. The standard InChI is InChI=1S/C8H15NO/c1-8(10)6-4-2-3-5-7-9/h8,10H,2-6H2,1H3/t8-/m1/s1. The molecule has 0 aliphatic carbocycles. The number of nitrogens with zero attached hydrogens (tertiary/aromatic N) is 1. The molecule has 10 heavy (non-hydrogen) atoms. The van der Waals surface area contributed by atoms with Crippen LogP contribution in [0.25, 0.3) is 0 Å². The molecule has 0 unspecified atom stereocenters. The fourth-order valence-corrected chi connectivity index (χ4v) is 0.821. The molecular formula is C8H15NO. The van der Waals surface area contributed by atoms with Crippen LogP contribution in [0.1, 0.15) is 39.0 Å². The van der Waals surface area contributed by atoms with Crippen molar-refractivity contribution in [1.82, 2.24) is 0 Å². The van der Waals surface area contributed by atoms with Gasteiger partial charge in [0.25, 0.3) is 0 Å². The Labute approximate surface area is 62.5 Å². The molecule has 0 fully saturated rings. The van der Waals surface area contributed by atoms with E-state index in [0.29, 0.717) is 6.42 Å². The largest absolute Gasteiger partial charge is 0.393 e. The second-order valence-electron chi connectivity index (χ2n) is 2.61. The molecule has 0 aliphatic rings. The molecule has 0 amide bonds. The fraction of sp³-hybridized carbons (Fsp3) is 0.875. The van der Waals surface area contributed by atoms with E-state index in [1.54, 1.807) is 6.92 Å². The summed E-state index contributed by atoms with van der Waals surface area (Å²) in [5.41, 5.74) is 0. The molecule has 2 heteroatoms. The van der Waals surface area contributed by atoms with Crippen molar-refractivity contribution in [1.29, 1.82) is 5.26 Å². The fourth-order valence-electron chi connectivity index (χ4n) is 0.821. The Hall–Kier alpha value is -0.550. The van der Waals surface area contributed by atoms with Gasteiger partial charge in [0.05, 0.1) is 12.2 Å². The molecule has 1 atom stereocenters. The van der Waals surface area contributed by atoms with Crippen molar-refractivity contribution >= 4 is 0 Å². The van der Waals surface area contributed by atoms with E-state index in [9.17, 15) is 0 Å². The Balaban J connectivity index is 2.86. The molecule has 0 saturated carbocycles. The van der Waals surface area contributed by atoms with Crippen LogP contribution in [-0.4, -0.2) is 11.2 Å². The predicted molar refractivity (Wildman–Crippen MR) is 40.4 cm³/mol. The monoisotopic (exact) mass is 141 g/mol. The molecule has 0 heterocycles. The third-order valence-electron chi connectivity index (χ3n) is 1.41. The average Bonchev–Trinajstić information content (AvgIpc) is 1.87. The lowest BCUT2D eigenvalue weighted by molar-refractivity contribution is 0.180. The van der Waals surface area contributed by atoms with Gasteiger partial charge in [-0.25, -0.2) is 0 Å². The van der Waals surface area contributed by atoms with Gasteiger partial charge in [0.2, 0.25) is 0 Å². The van der Waals surface area contributed by atoms with Gasteiger partial charge in [-0.2, -0.15) is 5.26 Å². The van der Waals surface area contributed by atoms with Crippen molar-refractivity contribution in [3.63, 3.8) is 0 Å². The smallest absolute Gasteiger partial charge is 0.0621 e. The third kappa shape index (κ3) is 7.45. The molecule has 0 bridgehead atoms. The molecule has 1 N–H and O–H groups in total. The highest BCUT2D eigenvalue weighted by Crippen LogP contribution is 2.04. The Morgan fingerprint density at radius 1 is 1.40 bits per heavy atom. The average molecular weight is 141 g/mol. The predicted octanol–water partition coefficient (Wildman–Crippen LogP) is 1.84. The van der Waals surface area contributed by atoms with E-state index < -0.39 is 0 Å². The van der Waals surface area contributed by atoms with Gasteiger partial charge in [0.15, 0.2) is 0 Å². The van der Waals surface area contributed by atoms with E-state index in [1.165, 1.54) is 0 Å². The minimum absolute atomic E-state index is 0.179. The highest BCUT2D eigenvalue weighted by Gasteiger charge is 1.94. The summed E-state index contributed by atoms with van der Waals surface area (Å²) in [6, 6.07) is 2.09. The maximum atomic E-state index is 8.84. The van der Waals surface area contributed by atoms with Crippen molar-refractivity contribution in [3.05, 3.63) is 0 Å². The van der Waals surface area contributed by atoms with Gasteiger partial charge < -0.3 is 5.11 Å². The van der Waals surface area contributed by atoms with Crippen LogP contribution >= 0.6 is 0 Å². The van der Waals surface area contributed by atoms with Crippen LogP contribution in [0.4, 0.5) is 0 Å². The third-order valence-corrected chi connectivity index (χ3v) is 1.41. The van der Waals surface area contributed by atoms with Crippen LogP contribution in [-0.2, 0) is 0 Å². The van der Waals surface area contributed by atoms with E-state index in [1.807, 2.05) is 0 Å². The van der Waals surface area contributed by atoms with Gasteiger partial charge in [-0.3, -0.25) is 0 Å². The van der Waals surface area contributed by atoms with Crippen molar-refractivity contribution in [2.75, 3.05) is 0 Å². The maximum Gasteiger partial charge on any atom is 0.0621 e. The summed E-state index contributed by atoms with van der Waals surface area (Å²) in [6.45, 7) is 1.80. The topological polar surface area (TPSA) is 44.0 Å². The highest BCUT2D eigenvalue weighted by molar-refractivity contribution is 4.67. The lowest BCUT2D eigenvalue weighted by atomic mass is 10.1. The summed E-state index contributed by atoms with van der Waals surface area (Å²) >= 11 is 0. The van der Waals surface area contributed by atoms with Crippen LogP contribution in [0.15, 0.2) is 0 Å². The molecule has 2 nitrogen and oxygen atoms in total. The summed E-state index contributed by atoms with van der Waals surface area (Å²) in [7, 11) is 0. The lowest BCUT2D eigenvalue weighted by Crippen LogP contribution is -1.97. The zero-order valence-electron chi connectivity index (χ0n) is 6.51. The summed E-state index contributed by atoms with van der Waals surface area (Å²) < 4.78 is 0. The first-order valence-corrected chi connectivity index (χ1v) is 3.82. The Morgan fingerprint density at radius 2 is 2.10 bits per heavy atom. The van der Waals surface area contributed by atoms with Gasteiger partial charge >= 0.3 is 0 Å². The summed E-state index contributed by atoms with van der Waals surface area (Å²) in [6.07, 6.45) is 4.42. The second-order valence-corrected chi connectivity index (χ2v) is 2.61. The number of hydrogen-bond donors (Lipinski definition) is 1. The molecule has 0 aromatic rings. The zero-order chi connectivity index (χ0) is 7.82. The number of nitriles is 1. The summed E-state index contributed by atoms with van der Waals surface area (Å²) in [4.78, 5) is 0. The molecule has 0 aliphatic heterocycles. The minimum Gasteiger partial charge on any atom is -0.393 e. The minimum atomic E-state index is -0.179. The molecule has 0 saturated heterocycles. The van der Waals surface area contributed by atoms with Gasteiger partial charge in [-0.05, 0) is 19.8 Å². The molecule has 0 rings (SSSR count). The number of rotatable bonds is 5. The zero-order valence-corrected chi connectivity index (χ0v) is 6.51.